The van der Waals surface area contributed by atoms with Crippen LogP contribution >= 0.6 is 0 Å². The number of oxime groups is 1. The third-order valence-electron chi connectivity index (χ3n) is 3.30. The van der Waals surface area contributed by atoms with Crippen molar-refractivity contribution >= 4 is 11.5 Å². The van der Waals surface area contributed by atoms with Gasteiger partial charge in [0.05, 0.1) is 0 Å². The van der Waals surface area contributed by atoms with Crippen LogP contribution in [0.5, 0.6) is 0 Å². The molecule has 0 heterocycles. The molecule has 0 saturated heterocycles. The number of para-hydroxylation sites is 1. The summed E-state index contributed by atoms with van der Waals surface area (Å²) in [5.74, 6) is 0.232. The lowest BCUT2D eigenvalue weighted by molar-refractivity contribution is 0.316. The van der Waals surface area contributed by atoms with Gasteiger partial charge in [-0.05, 0) is 30.5 Å². The lowest BCUT2D eigenvalue weighted by atomic mass is 10.0. The first-order chi connectivity index (χ1) is 10.2. The second kappa shape index (κ2) is 7.33. The minimum Gasteiger partial charge on any atom is -0.409 e. The molecule has 4 nitrogen and oxygen atoms in total. The van der Waals surface area contributed by atoms with Crippen molar-refractivity contribution in [2.45, 2.75) is 25.8 Å². The maximum atomic E-state index is 8.63. The molecule has 2 aromatic carbocycles. The van der Waals surface area contributed by atoms with Gasteiger partial charge < -0.3 is 16.3 Å². The zero-order valence-corrected chi connectivity index (χ0v) is 12.2. The zero-order chi connectivity index (χ0) is 15.1. The van der Waals surface area contributed by atoms with Crippen LogP contribution in [0.15, 0.2) is 59.8 Å². The summed E-state index contributed by atoms with van der Waals surface area (Å²) in [5.41, 5.74) is 9.14. The van der Waals surface area contributed by atoms with E-state index in [4.69, 9.17) is 10.9 Å². The van der Waals surface area contributed by atoms with Crippen LogP contribution < -0.4 is 11.1 Å². The van der Waals surface area contributed by atoms with Crippen LogP contribution in [0.1, 0.15) is 24.5 Å². The molecule has 4 heteroatoms. The summed E-state index contributed by atoms with van der Waals surface area (Å²) in [7, 11) is 0. The van der Waals surface area contributed by atoms with Gasteiger partial charge in [-0.25, -0.2) is 0 Å². The van der Waals surface area contributed by atoms with E-state index in [0.717, 1.165) is 12.1 Å². The molecule has 2 aromatic rings. The molecular weight excluding hydrogens is 262 g/mol. The van der Waals surface area contributed by atoms with Crippen molar-refractivity contribution in [2.75, 3.05) is 5.32 Å². The number of nitrogens with zero attached hydrogens (tertiary/aromatic N) is 1. The average molecular weight is 283 g/mol. The van der Waals surface area contributed by atoms with Crippen molar-refractivity contribution < 1.29 is 5.21 Å². The van der Waals surface area contributed by atoms with E-state index in [9.17, 15) is 0 Å². The van der Waals surface area contributed by atoms with Crippen molar-refractivity contribution in [3.05, 3.63) is 65.7 Å². The Hall–Kier alpha value is -2.49. The third kappa shape index (κ3) is 4.53. The van der Waals surface area contributed by atoms with Crippen LogP contribution in [0.3, 0.4) is 0 Å². The summed E-state index contributed by atoms with van der Waals surface area (Å²) in [4.78, 5) is 0. The Bertz CT molecular complexity index is 596. The van der Waals surface area contributed by atoms with Crippen LogP contribution in [-0.4, -0.2) is 17.1 Å². The van der Waals surface area contributed by atoms with E-state index in [-0.39, 0.29) is 11.9 Å². The summed E-state index contributed by atoms with van der Waals surface area (Å²) in [6.45, 7) is 2.01. The Morgan fingerprint density at radius 3 is 2.52 bits per heavy atom. The maximum absolute atomic E-state index is 8.63. The van der Waals surface area contributed by atoms with E-state index in [1.165, 1.54) is 11.1 Å². The number of rotatable bonds is 6. The van der Waals surface area contributed by atoms with Crippen molar-refractivity contribution in [2.24, 2.45) is 10.9 Å². The predicted octanol–water partition coefficient (Wildman–Crippen LogP) is 3.21. The summed E-state index contributed by atoms with van der Waals surface area (Å²) < 4.78 is 0. The Kier molecular flexibility index (Phi) is 5.21. The summed E-state index contributed by atoms with van der Waals surface area (Å²) in [6.07, 6.45) is 1.37. The molecule has 110 valence electrons. The second-order valence-electron chi connectivity index (χ2n) is 5.16. The Morgan fingerprint density at radius 1 is 1.14 bits per heavy atom. The highest BCUT2D eigenvalue weighted by Crippen LogP contribution is 2.20. The molecule has 1 unspecified atom stereocenters. The van der Waals surface area contributed by atoms with Crippen molar-refractivity contribution in [3.8, 4) is 0 Å². The third-order valence-corrected chi connectivity index (χ3v) is 3.30. The summed E-state index contributed by atoms with van der Waals surface area (Å²) >= 11 is 0. The van der Waals surface area contributed by atoms with Crippen LogP contribution in [0.25, 0.3) is 0 Å². The number of amidine groups is 1. The van der Waals surface area contributed by atoms with Crippen molar-refractivity contribution in [1.29, 1.82) is 0 Å². The minimum absolute atomic E-state index is 0.0952. The Labute approximate surface area is 125 Å². The Balaban J connectivity index is 2.10. The van der Waals surface area contributed by atoms with E-state index in [1.807, 2.05) is 37.3 Å². The number of nitrogens with one attached hydrogen (secondary N) is 1. The highest BCUT2D eigenvalue weighted by Gasteiger charge is 2.08. The first-order valence-electron chi connectivity index (χ1n) is 7.04. The predicted molar refractivity (Wildman–Crippen MR) is 86.8 cm³/mol. The van der Waals surface area contributed by atoms with E-state index in [2.05, 4.69) is 34.7 Å². The topological polar surface area (TPSA) is 70.6 Å². The summed E-state index contributed by atoms with van der Waals surface area (Å²) in [6, 6.07) is 18.7. The molecule has 0 radical (unpaired) electrons. The van der Waals surface area contributed by atoms with Gasteiger partial charge in [0.2, 0.25) is 0 Å². The van der Waals surface area contributed by atoms with E-state index in [1.54, 1.807) is 0 Å². The average Bonchev–Trinajstić information content (AvgIpc) is 2.50. The highest BCUT2D eigenvalue weighted by atomic mass is 16.4. The molecule has 0 aliphatic carbocycles. The molecule has 0 aromatic heterocycles. The molecule has 0 spiro atoms. The van der Waals surface area contributed by atoms with Gasteiger partial charge >= 0.3 is 0 Å². The molecule has 0 aliphatic rings. The fourth-order valence-corrected chi connectivity index (χ4v) is 2.30. The number of hydrogen-bond donors (Lipinski definition) is 3. The van der Waals surface area contributed by atoms with Gasteiger partial charge in [0.1, 0.15) is 5.84 Å². The monoisotopic (exact) mass is 283 g/mol. The SMILES string of the molecule is CC(CC(N)=NO)Nc1ccccc1Cc1ccccc1. The van der Waals surface area contributed by atoms with Crippen LogP contribution in [-0.2, 0) is 6.42 Å². The van der Waals surface area contributed by atoms with Crippen molar-refractivity contribution in [1.82, 2.24) is 0 Å². The molecule has 0 bridgehead atoms. The van der Waals surface area contributed by atoms with E-state index >= 15 is 0 Å². The second-order valence-corrected chi connectivity index (χ2v) is 5.16. The van der Waals surface area contributed by atoms with Gasteiger partial charge in [-0.15, -0.1) is 0 Å². The highest BCUT2D eigenvalue weighted by molar-refractivity contribution is 5.80. The first kappa shape index (κ1) is 14.9. The van der Waals surface area contributed by atoms with Gasteiger partial charge in [0.25, 0.3) is 0 Å². The fourth-order valence-electron chi connectivity index (χ4n) is 2.30. The van der Waals surface area contributed by atoms with Gasteiger partial charge in [-0.1, -0.05) is 53.7 Å². The summed E-state index contributed by atoms with van der Waals surface area (Å²) in [5, 5.41) is 15.1. The van der Waals surface area contributed by atoms with Gasteiger partial charge in [0, 0.05) is 18.2 Å². The lowest BCUT2D eigenvalue weighted by Gasteiger charge is -2.17. The van der Waals surface area contributed by atoms with Gasteiger partial charge in [-0.2, -0.15) is 0 Å². The van der Waals surface area contributed by atoms with E-state index < -0.39 is 0 Å². The molecule has 0 amide bonds. The van der Waals surface area contributed by atoms with Gasteiger partial charge in [0.15, 0.2) is 0 Å². The number of anilines is 1. The zero-order valence-electron chi connectivity index (χ0n) is 12.2. The quantitative estimate of drug-likeness (QED) is 0.330. The number of nitrogens with two attached hydrogens (primary N) is 1. The van der Waals surface area contributed by atoms with Crippen LogP contribution in [0, 0.1) is 0 Å². The molecule has 4 N–H and O–H groups in total. The number of benzene rings is 2. The first-order valence-corrected chi connectivity index (χ1v) is 7.04. The Morgan fingerprint density at radius 2 is 1.81 bits per heavy atom. The molecule has 2 rings (SSSR count). The fraction of sp³-hybridized carbons (Fsp3) is 0.235. The molecule has 21 heavy (non-hydrogen) atoms. The maximum Gasteiger partial charge on any atom is 0.141 e. The van der Waals surface area contributed by atoms with Crippen LogP contribution in [0.4, 0.5) is 5.69 Å². The minimum atomic E-state index is 0.0952. The lowest BCUT2D eigenvalue weighted by Crippen LogP contribution is -2.24. The molecule has 1 atom stereocenters. The van der Waals surface area contributed by atoms with Crippen molar-refractivity contribution in [3.63, 3.8) is 0 Å². The smallest absolute Gasteiger partial charge is 0.141 e. The standard InChI is InChI=1S/C17H21N3O/c1-13(11-17(18)20-21)19-16-10-6-5-9-15(16)12-14-7-3-2-4-8-14/h2-10,13,19,21H,11-12H2,1H3,(H2,18,20). The van der Waals surface area contributed by atoms with E-state index in [0.29, 0.717) is 6.42 Å². The molecule has 0 fully saturated rings. The normalized spacial score (nSPS) is 12.9. The molecular formula is C17H21N3O. The number of hydrogen-bond acceptors (Lipinski definition) is 3. The largest absolute Gasteiger partial charge is 0.409 e. The molecule has 0 aliphatic heterocycles. The van der Waals surface area contributed by atoms with Crippen LogP contribution in [0.2, 0.25) is 0 Å². The molecule has 0 saturated carbocycles. The van der Waals surface area contributed by atoms with Gasteiger partial charge in [-0.3, -0.25) is 0 Å².